The van der Waals surface area contributed by atoms with Crippen LogP contribution in [0, 0.1) is 0 Å². The van der Waals surface area contributed by atoms with Crippen LogP contribution in [0.25, 0.3) is 0 Å². The molecule has 0 aliphatic carbocycles. The lowest BCUT2D eigenvalue weighted by atomic mass is 9.94. The Bertz CT molecular complexity index is 413. The molecule has 0 bridgehead atoms. The fourth-order valence-corrected chi connectivity index (χ4v) is 2.47. The molecule has 5 nitrogen and oxygen atoms in total. The third-order valence-corrected chi connectivity index (χ3v) is 3.76. The number of hydrogen-bond donors (Lipinski definition) is 2. The summed E-state index contributed by atoms with van der Waals surface area (Å²) >= 11 is 0. The van der Waals surface area contributed by atoms with Crippen molar-refractivity contribution in [3.63, 3.8) is 0 Å². The van der Waals surface area contributed by atoms with Crippen LogP contribution in [0.3, 0.4) is 0 Å². The molecule has 1 saturated heterocycles. The Kier molecular flexibility index (Phi) is 4.81. The minimum absolute atomic E-state index is 0.528. The van der Waals surface area contributed by atoms with E-state index in [9.17, 15) is 5.11 Å². The van der Waals surface area contributed by atoms with Crippen LogP contribution in [0.5, 0.6) is 0 Å². The van der Waals surface area contributed by atoms with Crippen molar-refractivity contribution in [3.8, 4) is 0 Å². The van der Waals surface area contributed by atoms with Gasteiger partial charge in [-0.1, -0.05) is 6.92 Å². The molecule has 0 radical (unpaired) electrons. The Morgan fingerprint density at radius 1 is 1.30 bits per heavy atom. The van der Waals surface area contributed by atoms with E-state index >= 15 is 0 Å². The Morgan fingerprint density at radius 2 is 2.00 bits per heavy atom. The fraction of sp³-hybridized carbons (Fsp3) is 0.733. The van der Waals surface area contributed by atoms with E-state index in [0.717, 1.165) is 62.8 Å². The molecule has 2 rings (SSSR count). The van der Waals surface area contributed by atoms with Crippen LogP contribution < -0.4 is 10.2 Å². The van der Waals surface area contributed by atoms with Crippen LogP contribution in [0.2, 0.25) is 0 Å². The minimum Gasteiger partial charge on any atom is -0.390 e. The second-order valence-electron chi connectivity index (χ2n) is 5.79. The summed E-state index contributed by atoms with van der Waals surface area (Å²) in [6.07, 6.45) is 3.52. The van der Waals surface area contributed by atoms with Gasteiger partial charge in [-0.25, -0.2) is 9.97 Å². The van der Waals surface area contributed by atoms with Crippen molar-refractivity contribution in [2.45, 2.75) is 52.1 Å². The molecule has 0 unspecified atom stereocenters. The summed E-state index contributed by atoms with van der Waals surface area (Å²) in [5.74, 6) is 2.78. The number of aryl methyl sites for hydroxylation is 1. The fourth-order valence-electron chi connectivity index (χ4n) is 2.47. The predicted octanol–water partition coefficient (Wildman–Crippen LogP) is 2.21. The lowest BCUT2D eigenvalue weighted by Crippen LogP contribution is -2.42. The number of rotatable bonds is 5. The quantitative estimate of drug-likeness (QED) is 0.864. The minimum atomic E-state index is -0.528. The molecule has 2 heterocycles. The van der Waals surface area contributed by atoms with E-state index in [1.165, 1.54) is 0 Å². The Hall–Kier alpha value is -1.36. The molecule has 5 heteroatoms. The van der Waals surface area contributed by atoms with E-state index in [4.69, 9.17) is 0 Å². The van der Waals surface area contributed by atoms with Gasteiger partial charge in [0, 0.05) is 32.1 Å². The molecule has 0 atom stereocenters. The zero-order valence-corrected chi connectivity index (χ0v) is 12.8. The molecule has 0 aromatic carbocycles. The first-order valence-electron chi connectivity index (χ1n) is 7.63. The lowest BCUT2D eigenvalue weighted by Gasteiger charge is -2.36. The van der Waals surface area contributed by atoms with Gasteiger partial charge in [0.2, 0.25) is 0 Å². The lowest BCUT2D eigenvalue weighted by molar-refractivity contribution is 0.0350. The van der Waals surface area contributed by atoms with Crippen molar-refractivity contribution in [1.29, 1.82) is 0 Å². The maximum absolute atomic E-state index is 10.0. The number of anilines is 2. The monoisotopic (exact) mass is 278 g/mol. The first-order valence-corrected chi connectivity index (χ1v) is 7.63. The number of nitrogens with one attached hydrogen (secondary N) is 1. The van der Waals surface area contributed by atoms with Crippen molar-refractivity contribution in [2.24, 2.45) is 0 Å². The molecule has 0 amide bonds. The smallest absolute Gasteiger partial charge is 0.134 e. The number of nitrogens with zero attached hydrogens (tertiary/aromatic N) is 3. The summed E-state index contributed by atoms with van der Waals surface area (Å²) in [7, 11) is 0. The third kappa shape index (κ3) is 3.82. The number of aliphatic hydroxyl groups is 1. The first-order chi connectivity index (χ1) is 9.54. The van der Waals surface area contributed by atoms with E-state index in [1.807, 2.05) is 13.0 Å². The summed E-state index contributed by atoms with van der Waals surface area (Å²) in [4.78, 5) is 11.5. The topological polar surface area (TPSA) is 61.3 Å². The molecule has 1 aliphatic rings. The second kappa shape index (κ2) is 6.39. The van der Waals surface area contributed by atoms with Gasteiger partial charge in [0.25, 0.3) is 0 Å². The Balaban J connectivity index is 2.17. The largest absolute Gasteiger partial charge is 0.390 e. The van der Waals surface area contributed by atoms with E-state index in [-0.39, 0.29) is 0 Å². The molecule has 0 saturated carbocycles. The van der Waals surface area contributed by atoms with E-state index in [2.05, 4.69) is 34.0 Å². The van der Waals surface area contributed by atoms with E-state index < -0.39 is 5.60 Å². The number of piperidine rings is 1. The van der Waals surface area contributed by atoms with E-state index in [1.54, 1.807) is 0 Å². The van der Waals surface area contributed by atoms with Crippen LogP contribution in [0.1, 0.15) is 45.9 Å². The number of hydrogen-bond acceptors (Lipinski definition) is 5. The molecule has 2 N–H and O–H groups in total. The van der Waals surface area contributed by atoms with Crippen molar-refractivity contribution < 1.29 is 5.11 Å². The zero-order chi connectivity index (χ0) is 14.6. The summed E-state index contributed by atoms with van der Waals surface area (Å²) in [6.45, 7) is 8.68. The maximum Gasteiger partial charge on any atom is 0.134 e. The van der Waals surface area contributed by atoms with Gasteiger partial charge < -0.3 is 15.3 Å². The van der Waals surface area contributed by atoms with Crippen molar-refractivity contribution in [3.05, 3.63) is 11.9 Å². The first kappa shape index (κ1) is 15.0. The Labute approximate surface area is 121 Å². The van der Waals surface area contributed by atoms with Crippen LogP contribution in [-0.2, 0) is 6.42 Å². The molecule has 1 fully saturated rings. The summed E-state index contributed by atoms with van der Waals surface area (Å²) in [6, 6.07) is 2.02. The van der Waals surface area contributed by atoms with Crippen molar-refractivity contribution in [1.82, 2.24) is 9.97 Å². The molecule has 1 aromatic rings. The molecule has 112 valence electrons. The zero-order valence-electron chi connectivity index (χ0n) is 12.8. The Morgan fingerprint density at radius 3 is 2.60 bits per heavy atom. The molecular formula is C15H26N4O. The SMILES string of the molecule is CCCc1nc(NCC)cc(N2CCC(C)(O)CC2)n1. The van der Waals surface area contributed by atoms with Gasteiger partial charge in [0.05, 0.1) is 5.60 Å². The van der Waals surface area contributed by atoms with Crippen LogP contribution in [0.15, 0.2) is 6.07 Å². The molecule has 1 aliphatic heterocycles. The predicted molar refractivity (Wildman–Crippen MR) is 82.3 cm³/mol. The highest BCUT2D eigenvalue weighted by atomic mass is 16.3. The highest BCUT2D eigenvalue weighted by molar-refractivity contribution is 5.49. The van der Waals surface area contributed by atoms with Crippen molar-refractivity contribution >= 4 is 11.6 Å². The van der Waals surface area contributed by atoms with Gasteiger partial charge >= 0.3 is 0 Å². The van der Waals surface area contributed by atoms with Gasteiger partial charge in [-0.15, -0.1) is 0 Å². The van der Waals surface area contributed by atoms with Gasteiger partial charge in [-0.3, -0.25) is 0 Å². The van der Waals surface area contributed by atoms with Gasteiger partial charge in [-0.05, 0) is 33.1 Å². The summed E-state index contributed by atoms with van der Waals surface area (Å²) < 4.78 is 0. The number of aromatic nitrogens is 2. The van der Waals surface area contributed by atoms with Gasteiger partial charge in [-0.2, -0.15) is 0 Å². The molecule has 1 aromatic heterocycles. The van der Waals surface area contributed by atoms with Gasteiger partial charge in [0.1, 0.15) is 17.5 Å². The highest BCUT2D eigenvalue weighted by Crippen LogP contribution is 2.26. The second-order valence-corrected chi connectivity index (χ2v) is 5.79. The average Bonchev–Trinajstić information content (AvgIpc) is 2.39. The van der Waals surface area contributed by atoms with Crippen LogP contribution >= 0.6 is 0 Å². The summed E-state index contributed by atoms with van der Waals surface area (Å²) in [5, 5.41) is 13.3. The molecule has 0 spiro atoms. The third-order valence-electron chi connectivity index (χ3n) is 3.76. The summed E-state index contributed by atoms with van der Waals surface area (Å²) in [5.41, 5.74) is -0.528. The maximum atomic E-state index is 10.0. The molecular weight excluding hydrogens is 252 g/mol. The average molecular weight is 278 g/mol. The normalized spacial score (nSPS) is 18.1. The van der Waals surface area contributed by atoms with E-state index in [0.29, 0.717) is 0 Å². The molecule has 20 heavy (non-hydrogen) atoms. The van der Waals surface area contributed by atoms with Crippen LogP contribution in [0.4, 0.5) is 11.6 Å². The van der Waals surface area contributed by atoms with Gasteiger partial charge in [0.15, 0.2) is 0 Å². The van der Waals surface area contributed by atoms with Crippen LogP contribution in [-0.4, -0.2) is 40.3 Å². The standard InChI is InChI=1S/C15H26N4O/c1-4-6-12-17-13(16-5-2)11-14(18-12)19-9-7-15(3,20)8-10-19/h11,20H,4-10H2,1-3H3,(H,16,17,18). The highest BCUT2D eigenvalue weighted by Gasteiger charge is 2.28. The van der Waals surface area contributed by atoms with Crippen molar-refractivity contribution in [2.75, 3.05) is 29.9 Å².